The lowest BCUT2D eigenvalue weighted by Crippen LogP contribution is -2.24. The summed E-state index contributed by atoms with van der Waals surface area (Å²) >= 11 is 0. The van der Waals surface area contributed by atoms with Gasteiger partial charge in [0.1, 0.15) is 18.8 Å². The monoisotopic (exact) mass is 275 g/mol. The van der Waals surface area contributed by atoms with Crippen LogP contribution in [0.5, 0.6) is 11.5 Å². The van der Waals surface area contributed by atoms with Crippen LogP contribution in [-0.4, -0.2) is 32.6 Å². The average Bonchev–Trinajstić information content (AvgIpc) is 2.36. The molecule has 0 amide bonds. The number of hydrogen-bond acceptors (Lipinski definition) is 4. The van der Waals surface area contributed by atoms with Crippen molar-refractivity contribution in [2.75, 3.05) is 26.8 Å². The first-order valence-electron chi connectivity index (χ1n) is 5.62. The topological polar surface area (TPSA) is 47.6 Å². The molecule has 0 spiro atoms. The van der Waals surface area contributed by atoms with Gasteiger partial charge >= 0.3 is 6.18 Å². The highest BCUT2D eigenvalue weighted by atomic mass is 19.4. The molecule has 1 aliphatic heterocycles. The Hall–Kier alpha value is -1.76. The van der Waals surface area contributed by atoms with Crippen LogP contribution in [0.15, 0.2) is 12.1 Å². The number of ketones is 1. The maximum atomic E-state index is 12.8. The van der Waals surface area contributed by atoms with Crippen LogP contribution in [0.3, 0.4) is 0 Å². The van der Waals surface area contributed by atoms with E-state index in [0.29, 0.717) is 0 Å². The van der Waals surface area contributed by atoms with Gasteiger partial charge < -0.3 is 14.8 Å². The minimum atomic E-state index is -4.55. The molecule has 0 aromatic heterocycles. The summed E-state index contributed by atoms with van der Waals surface area (Å²) in [5, 5.41) is 2.65. The number of alkyl halides is 3. The summed E-state index contributed by atoms with van der Waals surface area (Å²) in [5.41, 5.74) is -0.833. The highest BCUT2D eigenvalue weighted by molar-refractivity contribution is 6.01. The Labute approximate surface area is 107 Å². The number of carbonyl (C=O) groups is 1. The van der Waals surface area contributed by atoms with Crippen LogP contribution >= 0.6 is 0 Å². The summed E-state index contributed by atoms with van der Waals surface area (Å²) in [7, 11) is 1.58. The predicted molar refractivity (Wildman–Crippen MR) is 60.7 cm³/mol. The molecule has 0 atom stereocenters. The smallest absolute Gasteiger partial charge is 0.420 e. The quantitative estimate of drug-likeness (QED) is 0.856. The van der Waals surface area contributed by atoms with Gasteiger partial charge in [0.25, 0.3) is 0 Å². The van der Waals surface area contributed by atoms with Crippen molar-refractivity contribution in [1.82, 2.24) is 5.32 Å². The molecule has 0 saturated carbocycles. The van der Waals surface area contributed by atoms with E-state index in [1.807, 2.05) is 0 Å². The summed E-state index contributed by atoms with van der Waals surface area (Å²) in [6.07, 6.45) is -4.55. The molecule has 0 unspecified atom stereocenters. The van der Waals surface area contributed by atoms with Crippen molar-refractivity contribution >= 4 is 5.78 Å². The molecule has 0 radical (unpaired) electrons. The van der Waals surface area contributed by atoms with E-state index in [0.717, 1.165) is 12.1 Å². The lowest BCUT2D eigenvalue weighted by molar-refractivity contribution is -0.139. The van der Waals surface area contributed by atoms with E-state index in [-0.39, 0.29) is 36.9 Å². The standard InChI is InChI=1S/C12H12F3NO3/c1-16-6-9(17)7-2-3-8(12(13,14)15)11-10(7)18-4-5-19-11/h2-3,16H,4-6H2,1H3. The maximum Gasteiger partial charge on any atom is 0.420 e. The zero-order valence-electron chi connectivity index (χ0n) is 10.1. The molecule has 0 saturated heterocycles. The van der Waals surface area contributed by atoms with Crippen LogP contribution in [0.1, 0.15) is 15.9 Å². The number of benzene rings is 1. The van der Waals surface area contributed by atoms with E-state index in [1.54, 1.807) is 7.05 Å². The summed E-state index contributed by atoms with van der Waals surface area (Å²) < 4.78 is 48.7. The van der Waals surface area contributed by atoms with Crippen LogP contribution in [0.2, 0.25) is 0 Å². The van der Waals surface area contributed by atoms with Gasteiger partial charge in [-0.05, 0) is 19.2 Å². The fourth-order valence-electron chi connectivity index (χ4n) is 1.84. The van der Waals surface area contributed by atoms with E-state index >= 15 is 0 Å². The van der Waals surface area contributed by atoms with Crippen molar-refractivity contribution in [3.63, 3.8) is 0 Å². The molecular weight excluding hydrogens is 263 g/mol. The minimum Gasteiger partial charge on any atom is -0.485 e. The summed E-state index contributed by atoms with van der Waals surface area (Å²) in [6, 6.07) is 1.96. The number of carbonyl (C=O) groups excluding carboxylic acids is 1. The number of nitrogens with one attached hydrogen (secondary N) is 1. The molecule has 0 bridgehead atoms. The zero-order chi connectivity index (χ0) is 14.0. The largest absolute Gasteiger partial charge is 0.485 e. The number of ether oxygens (including phenoxy) is 2. The molecule has 1 aliphatic rings. The minimum absolute atomic E-state index is 0.0150. The summed E-state index contributed by atoms with van der Waals surface area (Å²) in [4.78, 5) is 11.8. The van der Waals surface area contributed by atoms with Gasteiger partial charge in [-0.3, -0.25) is 4.79 Å². The zero-order valence-corrected chi connectivity index (χ0v) is 10.1. The molecule has 2 rings (SSSR count). The van der Waals surface area contributed by atoms with E-state index in [2.05, 4.69) is 5.32 Å². The number of fused-ring (bicyclic) bond motifs is 1. The van der Waals surface area contributed by atoms with Gasteiger partial charge in [0.05, 0.1) is 12.1 Å². The number of rotatable bonds is 3. The Kier molecular flexibility index (Phi) is 3.66. The molecular formula is C12H12F3NO3. The van der Waals surface area contributed by atoms with Crippen molar-refractivity contribution in [2.24, 2.45) is 0 Å². The molecule has 1 N–H and O–H groups in total. The van der Waals surface area contributed by atoms with Crippen LogP contribution in [-0.2, 0) is 6.18 Å². The third kappa shape index (κ3) is 2.65. The number of hydrogen-bond donors (Lipinski definition) is 1. The van der Waals surface area contributed by atoms with Crippen LogP contribution in [0.4, 0.5) is 13.2 Å². The number of Topliss-reactive ketones (excluding diaryl/α,β-unsaturated/α-hetero) is 1. The Balaban J connectivity index is 2.52. The maximum absolute atomic E-state index is 12.8. The van der Waals surface area contributed by atoms with E-state index in [9.17, 15) is 18.0 Å². The number of halogens is 3. The molecule has 1 aromatic rings. The van der Waals surface area contributed by atoms with Crippen LogP contribution in [0.25, 0.3) is 0 Å². The Morgan fingerprint density at radius 2 is 1.89 bits per heavy atom. The third-order valence-electron chi connectivity index (χ3n) is 2.63. The Morgan fingerprint density at radius 1 is 1.26 bits per heavy atom. The van der Waals surface area contributed by atoms with Gasteiger partial charge in [-0.2, -0.15) is 13.2 Å². The first-order valence-corrected chi connectivity index (χ1v) is 5.62. The second kappa shape index (κ2) is 5.08. The van der Waals surface area contributed by atoms with Crippen LogP contribution < -0.4 is 14.8 Å². The SMILES string of the molecule is CNCC(=O)c1ccc(C(F)(F)F)c2c1OCCO2. The second-order valence-electron chi connectivity index (χ2n) is 3.97. The number of likely N-dealkylation sites (N-methyl/N-ethyl adjacent to an activating group) is 1. The van der Waals surface area contributed by atoms with Crippen molar-refractivity contribution in [3.8, 4) is 11.5 Å². The molecule has 1 aromatic carbocycles. The summed E-state index contributed by atoms with van der Waals surface area (Å²) in [5.74, 6) is -0.875. The molecule has 0 fully saturated rings. The van der Waals surface area contributed by atoms with E-state index in [1.165, 1.54) is 0 Å². The molecule has 4 nitrogen and oxygen atoms in total. The first-order chi connectivity index (χ1) is 8.95. The highest BCUT2D eigenvalue weighted by Gasteiger charge is 2.38. The van der Waals surface area contributed by atoms with Gasteiger partial charge in [0, 0.05) is 0 Å². The fraction of sp³-hybridized carbons (Fsp3) is 0.417. The van der Waals surface area contributed by atoms with Crippen LogP contribution in [0, 0.1) is 0 Å². The molecule has 0 aliphatic carbocycles. The lowest BCUT2D eigenvalue weighted by atomic mass is 10.0. The highest BCUT2D eigenvalue weighted by Crippen LogP contribution is 2.44. The predicted octanol–water partition coefficient (Wildman–Crippen LogP) is 1.88. The van der Waals surface area contributed by atoms with Crippen molar-refractivity contribution in [2.45, 2.75) is 6.18 Å². The Morgan fingerprint density at radius 3 is 2.47 bits per heavy atom. The third-order valence-corrected chi connectivity index (χ3v) is 2.63. The fourth-order valence-corrected chi connectivity index (χ4v) is 1.84. The van der Waals surface area contributed by atoms with Crippen molar-refractivity contribution in [1.29, 1.82) is 0 Å². The van der Waals surface area contributed by atoms with Gasteiger partial charge in [-0.25, -0.2) is 0 Å². The molecule has 7 heteroatoms. The van der Waals surface area contributed by atoms with Gasteiger partial charge in [-0.1, -0.05) is 0 Å². The molecule has 104 valence electrons. The van der Waals surface area contributed by atoms with E-state index < -0.39 is 17.5 Å². The normalized spacial score (nSPS) is 14.3. The molecule has 19 heavy (non-hydrogen) atoms. The van der Waals surface area contributed by atoms with Gasteiger partial charge in [-0.15, -0.1) is 0 Å². The average molecular weight is 275 g/mol. The van der Waals surface area contributed by atoms with Gasteiger partial charge in [0.15, 0.2) is 17.3 Å². The van der Waals surface area contributed by atoms with Gasteiger partial charge in [0.2, 0.25) is 0 Å². The van der Waals surface area contributed by atoms with E-state index in [4.69, 9.17) is 9.47 Å². The van der Waals surface area contributed by atoms with Crippen molar-refractivity contribution < 1.29 is 27.4 Å². The first kappa shape index (κ1) is 13.7. The van der Waals surface area contributed by atoms with Crippen molar-refractivity contribution in [3.05, 3.63) is 23.3 Å². The summed E-state index contributed by atoms with van der Waals surface area (Å²) in [6.45, 7) is 0.162. The Bertz CT molecular complexity index is 500. The lowest BCUT2D eigenvalue weighted by Gasteiger charge is -2.24. The molecule has 1 heterocycles. The second-order valence-corrected chi connectivity index (χ2v) is 3.97.